The van der Waals surface area contributed by atoms with Gasteiger partial charge >= 0.3 is 280 Å². The molecule has 2 heteroatoms. The molecule has 0 aromatic heterocycles. The molecular weight excluding hydrogens is 624 g/mol. The summed E-state index contributed by atoms with van der Waals surface area (Å²) in [5.41, 5.74) is 18.8. The van der Waals surface area contributed by atoms with Crippen molar-refractivity contribution in [3.8, 4) is 22.3 Å². The maximum absolute atomic E-state index is 2.70. The Morgan fingerprint density at radius 1 is 0.568 bits per heavy atom. The van der Waals surface area contributed by atoms with Crippen molar-refractivity contribution in [2.45, 2.75) is 86.6 Å². The molecule has 4 bridgehead atoms. The molecule has 0 N–H and O–H groups in total. The minimum absolute atomic E-state index is 0.552. The molecule has 7 rings (SSSR count). The summed E-state index contributed by atoms with van der Waals surface area (Å²) in [6.45, 7) is 19.5. The fourth-order valence-corrected chi connectivity index (χ4v) is 19.2. The molecule has 1 aliphatic heterocycles. The molecular formula is C42H46SiZr. The number of benzene rings is 4. The third kappa shape index (κ3) is 4.53. The fraction of sp³-hybridized carbons (Fsp3) is 0.333. The molecule has 222 valence electrons. The van der Waals surface area contributed by atoms with Gasteiger partial charge in [0.05, 0.1) is 0 Å². The standard InChI is InChI=1S/C42H46Si.Zr/c1-9-29-25-35-13-11-15-37(33-21-17-31(18-22-33)27(3)4)39(35)41(29)43(7,8)42-30(10-2)26-36-14-12-16-38(40(36)42)34-23-19-32(20-24-34)28(5)6;/h11-28H,9-10H2,1-8H3;. The quantitative estimate of drug-likeness (QED) is 0.179. The van der Waals surface area contributed by atoms with E-state index in [0.29, 0.717) is 19.1 Å². The Bertz CT molecular complexity index is 1680. The van der Waals surface area contributed by atoms with Crippen molar-refractivity contribution in [2.24, 2.45) is 0 Å². The first-order chi connectivity index (χ1) is 21.2. The van der Waals surface area contributed by atoms with Crippen LogP contribution in [0.15, 0.2) is 96.1 Å². The average Bonchev–Trinajstić information content (AvgIpc) is 3.55. The fourth-order valence-electron chi connectivity index (χ4n) is 8.60. The molecule has 0 saturated heterocycles. The van der Waals surface area contributed by atoms with E-state index in [1.165, 1.54) is 46.2 Å². The Hall–Kier alpha value is -2.54. The molecule has 2 unspecified atom stereocenters. The van der Waals surface area contributed by atoms with Crippen molar-refractivity contribution in [2.75, 3.05) is 0 Å². The predicted molar refractivity (Wildman–Crippen MR) is 189 cm³/mol. The SMILES string of the molecule is CCC1=C2c3c(-c4ccc(C(C)C)cc4)cccc3[CH]1[Zr][CH]1C(CC)=C(c3c(-c4ccc(C(C)C)cc4)cccc31)[Si]2(C)C. The van der Waals surface area contributed by atoms with Gasteiger partial charge in [0.15, 0.2) is 0 Å². The number of rotatable bonds is 6. The summed E-state index contributed by atoms with van der Waals surface area (Å²) in [5.74, 6) is 1.10. The minimum atomic E-state index is -2.12. The van der Waals surface area contributed by atoms with Crippen LogP contribution >= 0.6 is 0 Å². The summed E-state index contributed by atoms with van der Waals surface area (Å²) < 4.78 is 1.34. The van der Waals surface area contributed by atoms with Gasteiger partial charge in [-0.1, -0.05) is 0 Å². The van der Waals surface area contributed by atoms with E-state index in [4.69, 9.17) is 0 Å². The third-order valence-corrected chi connectivity index (χ3v) is 19.3. The number of hydrogen-bond acceptors (Lipinski definition) is 0. The van der Waals surface area contributed by atoms with Gasteiger partial charge in [-0.3, -0.25) is 0 Å². The normalized spacial score (nSPS) is 19.7. The van der Waals surface area contributed by atoms with Crippen LogP contribution in [-0.4, -0.2) is 8.07 Å². The van der Waals surface area contributed by atoms with Gasteiger partial charge in [0.25, 0.3) is 0 Å². The first kappa shape index (κ1) is 30.1. The first-order valence-electron chi connectivity index (χ1n) is 16.9. The van der Waals surface area contributed by atoms with Crippen molar-refractivity contribution in [3.63, 3.8) is 0 Å². The van der Waals surface area contributed by atoms with Crippen molar-refractivity contribution in [3.05, 3.63) is 129 Å². The topological polar surface area (TPSA) is 0 Å². The van der Waals surface area contributed by atoms with Gasteiger partial charge < -0.3 is 0 Å². The van der Waals surface area contributed by atoms with E-state index in [1.807, 2.05) is 11.1 Å². The molecule has 44 heavy (non-hydrogen) atoms. The van der Waals surface area contributed by atoms with Crippen molar-refractivity contribution in [1.82, 2.24) is 0 Å². The Morgan fingerprint density at radius 3 is 1.30 bits per heavy atom. The van der Waals surface area contributed by atoms with E-state index in [2.05, 4.69) is 140 Å². The van der Waals surface area contributed by atoms with Crippen LogP contribution in [0.1, 0.15) is 107 Å². The molecule has 0 fully saturated rings. The van der Waals surface area contributed by atoms with E-state index in [1.54, 1.807) is 32.6 Å². The van der Waals surface area contributed by atoms with Crippen LogP contribution in [-0.2, 0) is 23.2 Å². The average molecular weight is 670 g/mol. The van der Waals surface area contributed by atoms with Gasteiger partial charge in [-0.15, -0.1) is 0 Å². The molecule has 2 atom stereocenters. The van der Waals surface area contributed by atoms with Crippen LogP contribution in [0.2, 0.25) is 13.1 Å². The molecule has 0 saturated carbocycles. The second kappa shape index (κ2) is 11.4. The summed E-state index contributed by atoms with van der Waals surface area (Å²) in [7, 11) is -2.12. The molecule has 1 heterocycles. The summed E-state index contributed by atoms with van der Waals surface area (Å²) in [6.07, 6.45) is 2.36. The number of allylic oxidation sites excluding steroid dienone is 2. The van der Waals surface area contributed by atoms with Gasteiger partial charge in [0.1, 0.15) is 0 Å². The van der Waals surface area contributed by atoms with Crippen LogP contribution in [0.3, 0.4) is 0 Å². The van der Waals surface area contributed by atoms with E-state index in [0.717, 1.165) is 0 Å². The zero-order valence-corrected chi connectivity index (χ0v) is 31.3. The molecule has 4 aromatic carbocycles. The molecule has 4 aromatic rings. The van der Waals surface area contributed by atoms with Crippen LogP contribution < -0.4 is 0 Å². The van der Waals surface area contributed by atoms with E-state index in [9.17, 15) is 0 Å². The van der Waals surface area contributed by atoms with Crippen LogP contribution in [0.4, 0.5) is 0 Å². The Morgan fingerprint density at radius 2 is 0.955 bits per heavy atom. The summed E-state index contributed by atoms with van der Waals surface area (Å²) in [4.78, 5) is 0. The summed E-state index contributed by atoms with van der Waals surface area (Å²) in [6, 6.07) is 33.6. The molecule has 0 spiro atoms. The summed E-state index contributed by atoms with van der Waals surface area (Å²) >= 11 is -0.927. The van der Waals surface area contributed by atoms with Crippen LogP contribution in [0, 0.1) is 0 Å². The van der Waals surface area contributed by atoms with Gasteiger partial charge in [-0.25, -0.2) is 0 Å². The van der Waals surface area contributed by atoms with Crippen molar-refractivity contribution in [1.29, 1.82) is 0 Å². The van der Waals surface area contributed by atoms with Crippen molar-refractivity contribution >= 4 is 18.5 Å². The molecule has 3 aliphatic rings. The molecule has 2 aliphatic carbocycles. The van der Waals surface area contributed by atoms with Crippen LogP contribution in [0.25, 0.3) is 32.6 Å². The zero-order chi connectivity index (χ0) is 30.9. The predicted octanol–water partition coefficient (Wildman–Crippen LogP) is 12.3. The van der Waals surface area contributed by atoms with Gasteiger partial charge in [0, 0.05) is 0 Å². The first-order valence-corrected chi connectivity index (χ1v) is 22.7. The van der Waals surface area contributed by atoms with Crippen LogP contribution in [0.5, 0.6) is 0 Å². The second-order valence-corrected chi connectivity index (χ2v) is 22.2. The third-order valence-electron chi connectivity index (χ3n) is 10.8. The van der Waals surface area contributed by atoms with E-state index in [-0.39, 0.29) is 0 Å². The second-order valence-electron chi connectivity index (χ2n) is 14.3. The van der Waals surface area contributed by atoms with Gasteiger partial charge in [-0.2, -0.15) is 0 Å². The summed E-state index contributed by atoms with van der Waals surface area (Å²) in [5, 5.41) is 3.56. The molecule has 0 amide bonds. The van der Waals surface area contributed by atoms with Gasteiger partial charge in [0.2, 0.25) is 0 Å². The van der Waals surface area contributed by atoms with Gasteiger partial charge in [-0.05, 0) is 0 Å². The van der Waals surface area contributed by atoms with E-state index >= 15 is 0 Å². The monoisotopic (exact) mass is 668 g/mol. The Kier molecular flexibility index (Phi) is 7.78. The zero-order valence-electron chi connectivity index (χ0n) is 27.8. The van der Waals surface area contributed by atoms with Crippen molar-refractivity contribution < 1.29 is 23.2 Å². The Balaban J connectivity index is 1.46. The maximum atomic E-state index is 2.70. The molecule has 0 radical (unpaired) electrons. The number of fused-ring (bicyclic) bond motifs is 8. The number of hydrogen-bond donors (Lipinski definition) is 0. The van der Waals surface area contributed by atoms with E-state index < -0.39 is 31.3 Å². The molecule has 0 nitrogen and oxygen atoms in total. The Labute approximate surface area is 278 Å².